The number of nitrogens with zero attached hydrogens (tertiary/aromatic N) is 1. The molecule has 0 heterocycles. The second-order valence-electron chi connectivity index (χ2n) is 6.40. The van der Waals surface area contributed by atoms with E-state index in [2.05, 4.69) is 5.32 Å². The van der Waals surface area contributed by atoms with Crippen LogP contribution in [0.5, 0.6) is 0 Å². The zero-order valence-electron chi connectivity index (χ0n) is 15.6. The van der Waals surface area contributed by atoms with Crippen LogP contribution in [0, 0.1) is 0 Å². The molecular formula is C20H26N2O3S. The molecule has 6 heteroatoms. The number of carbonyl (C=O) groups is 1. The van der Waals surface area contributed by atoms with Gasteiger partial charge in [0.1, 0.15) is 6.04 Å². The lowest BCUT2D eigenvalue weighted by atomic mass is 10.1. The number of rotatable bonds is 7. The van der Waals surface area contributed by atoms with Crippen LogP contribution in [0.1, 0.15) is 37.9 Å². The lowest BCUT2D eigenvalue weighted by Gasteiger charge is -2.29. The monoisotopic (exact) mass is 374 g/mol. The average Bonchev–Trinajstić information content (AvgIpc) is 2.61. The van der Waals surface area contributed by atoms with E-state index in [1.165, 1.54) is 4.31 Å². The second-order valence-corrected chi connectivity index (χ2v) is 8.26. The average molecular weight is 375 g/mol. The molecule has 0 saturated heterocycles. The minimum absolute atomic E-state index is 0.213. The molecule has 0 spiro atoms. The summed E-state index contributed by atoms with van der Waals surface area (Å²) in [6.07, 6.45) is 1.98. The van der Waals surface area contributed by atoms with E-state index >= 15 is 0 Å². The van der Waals surface area contributed by atoms with Gasteiger partial charge in [-0.05, 0) is 43.5 Å². The Bertz CT molecular complexity index is 833. The largest absolute Gasteiger partial charge is 0.348 e. The van der Waals surface area contributed by atoms with Crippen molar-refractivity contribution in [2.45, 2.75) is 39.3 Å². The van der Waals surface area contributed by atoms with Gasteiger partial charge in [0.25, 0.3) is 0 Å². The standard InChI is InChI=1S/C20H26N2O3S/c1-5-17-11-13-19(14-12-17)22(26(4,24)25)16(3)20(23)21-15(2)18-9-7-6-8-10-18/h6-16H,5H2,1-4H3,(H,21,23)/t15-,16-/m1/s1. The first kappa shape index (κ1) is 20.0. The number of benzene rings is 2. The van der Waals surface area contributed by atoms with Crippen molar-refractivity contribution in [1.82, 2.24) is 5.32 Å². The summed E-state index contributed by atoms with van der Waals surface area (Å²) in [6, 6.07) is 15.7. The molecule has 140 valence electrons. The number of hydrogen-bond acceptors (Lipinski definition) is 3. The molecule has 0 saturated carbocycles. The van der Waals surface area contributed by atoms with Crippen molar-refractivity contribution in [2.75, 3.05) is 10.6 Å². The summed E-state index contributed by atoms with van der Waals surface area (Å²) in [7, 11) is -3.61. The van der Waals surface area contributed by atoms with Gasteiger partial charge < -0.3 is 5.32 Å². The fourth-order valence-electron chi connectivity index (χ4n) is 2.85. The Morgan fingerprint density at radius 3 is 2.12 bits per heavy atom. The lowest BCUT2D eigenvalue weighted by molar-refractivity contribution is -0.122. The first-order valence-electron chi connectivity index (χ1n) is 8.67. The van der Waals surface area contributed by atoms with Gasteiger partial charge in [-0.2, -0.15) is 0 Å². The summed E-state index contributed by atoms with van der Waals surface area (Å²) in [5.41, 5.74) is 2.56. The Labute approximate surface area is 156 Å². The minimum Gasteiger partial charge on any atom is -0.348 e. The first-order chi connectivity index (χ1) is 12.2. The SMILES string of the molecule is CCc1ccc(N([C@H](C)C(=O)N[C@H](C)c2ccccc2)S(C)(=O)=O)cc1. The van der Waals surface area contributed by atoms with Crippen molar-refractivity contribution in [3.8, 4) is 0 Å². The van der Waals surface area contributed by atoms with Gasteiger partial charge in [0.05, 0.1) is 18.0 Å². The maximum absolute atomic E-state index is 12.7. The molecule has 0 aliphatic rings. The Hall–Kier alpha value is -2.34. The van der Waals surface area contributed by atoms with Gasteiger partial charge in [0.15, 0.2) is 0 Å². The minimum atomic E-state index is -3.61. The summed E-state index contributed by atoms with van der Waals surface area (Å²) in [5, 5.41) is 2.90. The molecule has 1 amide bonds. The molecule has 0 unspecified atom stereocenters. The van der Waals surface area contributed by atoms with Crippen molar-refractivity contribution < 1.29 is 13.2 Å². The highest BCUT2D eigenvalue weighted by Gasteiger charge is 2.29. The van der Waals surface area contributed by atoms with E-state index in [1.54, 1.807) is 19.1 Å². The summed E-state index contributed by atoms with van der Waals surface area (Å²) in [5.74, 6) is -0.341. The van der Waals surface area contributed by atoms with E-state index in [-0.39, 0.29) is 11.9 Å². The predicted molar refractivity (Wildman–Crippen MR) is 106 cm³/mol. The van der Waals surface area contributed by atoms with Crippen LogP contribution in [0.4, 0.5) is 5.69 Å². The van der Waals surface area contributed by atoms with E-state index in [9.17, 15) is 13.2 Å². The fraction of sp³-hybridized carbons (Fsp3) is 0.350. The molecular weight excluding hydrogens is 348 g/mol. The predicted octanol–water partition coefficient (Wildman–Crippen LogP) is 3.28. The number of amides is 1. The van der Waals surface area contributed by atoms with Crippen LogP contribution in [0.25, 0.3) is 0 Å². The van der Waals surface area contributed by atoms with Gasteiger partial charge in [0, 0.05) is 0 Å². The molecule has 1 N–H and O–H groups in total. The maximum Gasteiger partial charge on any atom is 0.244 e. The number of carbonyl (C=O) groups excluding carboxylic acids is 1. The topological polar surface area (TPSA) is 66.5 Å². The third-order valence-corrected chi connectivity index (χ3v) is 5.59. The van der Waals surface area contributed by atoms with Gasteiger partial charge in [-0.15, -0.1) is 0 Å². The Morgan fingerprint density at radius 2 is 1.62 bits per heavy atom. The fourth-order valence-corrected chi connectivity index (χ4v) is 4.02. The van der Waals surface area contributed by atoms with Crippen molar-refractivity contribution in [3.05, 3.63) is 65.7 Å². The molecule has 0 aromatic heterocycles. The molecule has 2 aromatic carbocycles. The van der Waals surface area contributed by atoms with Crippen LogP contribution in [0.3, 0.4) is 0 Å². The summed E-state index contributed by atoms with van der Waals surface area (Å²) < 4.78 is 25.8. The smallest absolute Gasteiger partial charge is 0.244 e. The van der Waals surface area contributed by atoms with Crippen molar-refractivity contribution in [1.29, 1.82) is 0 Å². The zero-order valence-corrected chi connectivity index (χ0v) is 16.5. The van der Waals surface area contributed by atoms with E-state index < -0.39 is 16.1 Å². The number of hydrogen-bond donors (Lipinski definition) is 1. The molecule has 2 atom stereocenters. The maximum atomic E-state index is 12.7. The molecule has 2 rings (SSSR count). The number of aryl methyl sites for hydroxylation is 1. The summed E-state index contributed by atoms with van der Waals surface area (Å²) in [4.78, 5) is 12.7. The highest BCUT2D eigenvalue weighted by atomic mass is 32.2. The zero-order chi connectivity index (χ0) is 19.3. The van der Waals surface area contributed by atoms with Crippen molar-refractivity contribution in [3.63, 3.8) is 0 Å². The van der Waals surface area contributed by atoms with E-state index in [4.69, 9.17) is 0 Å². The molecule has 0 radical (unpaired) electrons. The van der Waals surface area contributed by atoms with Crippen LogP contribution in [0.15, 0.2) is 54.6 Å². The molecule has 0 fully saturated rings. The van der Waals surface area contributed by atoms with Crippen molar-refractivity contribution in [2.24, 2.45) is 0 Å². The third kappa shape index (κ3) is 4.85. The molecule has 0 aliphatic carbocycles. The molecule has 26 heavy (non-hydrogen) atoms. The number of nitrogens with one attached hydrogen (secondary N) is 1. The first-order valence-corrected chi connectivity index (χ1v) is 10.5. The Balaban J connectivity index is 2.23. The third-order valence-electron chi connectivity index (χ3n) is 4.35. The molecule has 5 nitrogen and oxygen atoms in total. The number of sulfonamides is 1. The summed E-state index contributed by atoms with van der Waals surface area (Å²) >= 11 is 0. The molecule has 0 bridgehead atoms. The summed E-state index contributed by atoms with van der Waals surface area (Å²) in [6.45, 7) is 5.51. The molecule has 2 aromatic rings. The van der Waals surface area contributed by atoms with E-state index in [0.29, 0.717) is 5.69 Å². The van der Waals surface area contributed by atoms with Gasteiger partial charge in [0.2, 0.25) is 15.9 Å². The van der Waals surface area contributed by atoms with Crippen LogP contribution in [0.2, 0.25) is 0 Å². The van der Waals surface area contributed by atoms with Crippen molar-refractivity contribution >= 4 is 21.6 Å². The van der Waals surface area contributed by atoms with Gasteiger partial charge in [-0.25, -0.2) is 8.42 Å². The Kier molecular flexibility index (Phi) is 6.42. The Morgan fingerprint density at radius 1 is 1.04 bits per heavy atom. The second kappa shape index (κ2) is 8.36. The van der Waals surface area contributed by atoms with E-state index in [0.717, 1.165) is 23.8 Å². The number of anilines is 1. The van der Waals surface area contributed by atoms with Crippen LogP contribution >= 0.6 is 0 Å². The van der Waals surface area contributed by atoms with E-state index in [1.807, 2.05) is 56.3 Å². The van der Waals surface area contributed by atoms with Crippen LogP contribution in [-0.2, 0) is 21.2 Å². The molecule has 0 aliphatic heterocycles. The highest BCUT2D eigenvalue weighted by Crippen LogP contribution is 2.22. The van der Waals surface area contributed by atoms with Gasteiger partial charge in [-0.3, -0.25) is 9.10 Å². The highest BCUT2D eigenvalue weighted by molar-refractivity contribution is 7.92. The quantitative estimate of drug-likeness (QED) is 0.809. The lowest BCUT2D eigenvalue weighted by Crippen LogP contribution is -2.48. The van der Waals surface area contributed by atoms with Crippen LogP contribution < -0.4 is 9.62 Å². The van der Waals surface area contributed by atoms with Gasteiger partial charge in [-0.1, -0.05) is 49.4 Å². The normalized spacial score (nSPS) is 13.7. The van der Waals surface area contributed by atoms with Crippen LogP contribution in [-0.4, -0.2) is 26.6 Å². The van der Waals surface area contributed by atoms with Gasteiger partial charge >= 0.3 is 0 Å².